The van der Waals surface area contributed by atoms with Gasteiger partial charge < -0.3 is 40.9 Å². The normalized spacial score (nSPS) is 50.1. The topological polar surface area (TPSA) is 230 Å². The molecular weight excluding hydrogens is 708 g/mol. The Labute approximate surface area is 323 Å². The molecule has 6 saturated carbocycles. The third kappa shape index (κ3) is 5.56. The Hall–Kier alpha value is -2.84. The van der Waals surface area contributed by atoms with Crippen molar-refractivity contribution in [1.82, 2.24) is 0 Å². The minimum atomic E-state index is -2.25. The van der Waals surface area contributed by atoms with Crippen LogP contribution in [-0.2, 0) is 19.2 Å². The zero-order valence-corrected chi connectivity index (χ0v) is 30.8. The van der Waals surface area contributed by atoms with E-state index in [-0.39, 0.29) is 87.6 Å². The first kappa shape index (κ1) is 43.3. The van der Waals surface area contributed by atoms with Crippen molar-refractivity contribution < 1.29 is 60.0 Å². The fourth-order valence-corrected chi connectivity index (χ4v) is 13.7. The van der Waals surface area contributed by atoms with Gasteiger partial charge in [-0.15, -0.1) is 0 Å². The molecule has 6 fully saturated rings. The van der Waals surface area contributed by atoms with Crippen LogP contribution >= 0.6 is 0 Å². The molecule has 8 rings (SSSR count). The predicted molar refractivity (Wildman–Crippen MR) is 202 cm³/mol. The van der Waals surface area contributed by atoms with Crippen molar-refractivity contribution in [3.63, 3.8) is 0 Å². The highest BCUT2D eigenvalue weighted by atomic mass is 16.4. The molecule has 8 aliphatic carbocycles. The number of aliphatic carboxylic acids is 1. The van der Waals surface area contributed by atoms with Crippen molar-refractivity contribution in [3.05, 3.63) is 47.6 Å². The highest BCUT2D eigenvalue weighted by Crippen LogP contribution is 2.68. The maximum atomic E-state index is 12.4. The highest BCUT2D eigenvalue weighted by molar-refractivity contribution is 6.01. The van der Waals surface area contributed by atoms with Crippen LogP contribution in [0.2, 0.25) is 0 Å². The van der Waals surface area contributed by atoms with Crippen molar-refractivity contribution in [2.24, 2.45) is 57.2 Å². The zero-order chi connectivity index (χ0) is 38.8. The number of carbonyl (C=O) groups is 4. The first-order valence-electron chi connectivity index (χ1n) is 19.1. The molecule has 0 aromatic rings. The molecule has 0 aromatic carbocycles. The monoisotopic (exact) mass is 770 g/mol. The molecule has 12 heteroatoms. The summed E-state index contributed by atoms with van der Waals surface area (Å²) >= 11 is 0. The van der Waals surface area contributed by atoms with E-state index >= 15 is 0 Å². The summed E-state index contributed by atoms with van der Waals surface area (Å²) in [5, 5.41) is 84.4. The lowest BCUT2D eigenvalue weighted by molar-refractivity contribution is -0.203. The van der Waals surface area contributed by atoms with Gasteiger partial charge in [0.25, 0.3) is 0 Å². The number of rotatable bonds is 3. The number of aliphatic hydroxyl groups excluding tert-OH is 5. The summed E-state index contributed by atoms with van der Waals surface area (Å²) in [6, 6.07) is 0. The molecule has 8 N–H and O–H groups in total. The van der Waals surface area contributed by atoms with E-state index in [1.807, 2.05) is 26.0 Å². The van der Waals surface area contributed by atoms with Crippen molar-refractivity contribution in [3.8, 4) is 0 Å². The van der Waals surface area contributed by atoms with Gasteiger partial charge in [-0.1, -0.05) is 65.8 Å². The lowest BCUT2D eigenvalue weighted by atomic mass is 9.46. The van der Waals surface area contributed by atoms with Crippen LogP contribution in [0.25, 0.3) is 0 Å². The fourth-order valence-electron chi connectivity index (χ4n) is 13.7. The molecule has 0 unspecified atom stereocenters. The lowest BCUT2D eigenvalue weighted by Gasteiger charge is -2.59. The Morgan fingerprint density at radius 3 is 1.45 bits per heavy atom. The van der Waals surface area contributed by atoms with E-state index in [1.165, 1.54) is 0 Å². The van der Waals surface area contributed by atoms with Gasteiger partial charge in [0, 0.05) is 33.5 Å². The molecule has 0 amide bonds. The number of hydrogen-bond acceptors (Lipinski definition) is 11. The molecule has 8 aliphatic rings. The predicted octanol–water partition coefficient (Wildman–Crippen LogP) is 2.85. The van der Waals surface area contributed by atoms with Gasteiger partial charge in [-0.05, 0) is 99.3 Å². The number of Topliss-reactive ketones (excluding diaryl/α,β-unsaturated/α-hetero) is 1. The van der Waals surface area contributed by atoms with Crippen molar-refractivity contribution in [2.45, 2.75) is 130 Å². The second kappa shape index (κ2) is 13.9. The van der Waals surface area contributed by atoms with Gasteiger partial charge in [0.1, 0.15) is 6.61 Å². The van der Waals surface area contributed by atoms with Gasteiger partial charge >= 0.3 is 5.97 Å². The van der Waals surface area contributed by atoms with Gasteiger partial charge in [0.15, 0.2) is 28.6 Å². The van der Waals surface area contributed by atoms with Gasteiger partial charge in [-0.2, -0.15) is 0 Å². The third-order valence-corrected chi connectivity index (χ3v) is 16.3. The Morgan fingerprint density at radius 1 is 0.691 bits per heavy atom. The average Bonchev–Trinajstić information content (AvgIpc) is 3.43. The van der Waals surface area contributed by atoms with Crippen molar-refractivity contribution in [1.29, 1.82) is 0 Å². The van der Waals surface area contributed by atoms with E-state index < -0.39 is 75.6 Å². The second-order valence-corrected chi connectivity index (χ2v) is 18.3. The first-order chi connectivity index (χ1) is 24.6. The average molecular weight is 771 g/mol. The summed E-state index contributed by atoms with van der Waals surface area (Å²) in [4.78, 5) is 47.8. The summed E-state index contributed by atoms with van der Waals surface area (Å²) in [6.45, 7) is 6.68. The Bertz CT molecular complexity index is 1750. The molecule has 55 heavy (non-hydrogen) atoms. The molecule has 16 atom stereocenters. The van der Waals surface area contributed by atoms with Crippen LogP contribution in [0, 0.1) is 57.2 Å². The molecule has 0 radical (unpaired) electrons. The maximum absolute atomic E-state index is 12.4. The number of fused-ring (bicyclic) bond motifs is 10. The van der Waals surface area contributed by atoms with Crippen LogP contribution in [0.15, 0.2) is 47.6 Å². The van der Waals surface area contributed by atoms with E-state index in [9.17, 15) is 60.0 Å². The molecular formula is C43H62O12. The number of hydrogen-bond donors (Lipinski definition) is 8. The Kier molecular flexibility index (Phi) is 11.0. The number of ketones is 3. The fraction of sp³-hybridized carbons (Fsp3) is 0.721. The molecule has 0 saturated heterocycles. The summed E-state index contributed by atoms with van der Waals surface area (Å²) in [5.41, 5.74) is -5.24. The second-order valence-electron chi connectivity index (χ2n) is 18.3. The molecule has 0 spiro atoms. The smallest absolute Gasteiger partial charge is 0.339 e. The summed E-state index contributed by atoms with van der Waals surface area (Å²) in [6.07, 6.45) is 9.63. The largest absolute Gasteiger partial charge is 0.479 e. The summed E-state index contributed by atoms with van der Waals surface area (Å²) in [5.74, 6) is -2.93. The standard InChI is InChI=1S/C21H28O6.C20H26O6.2CH4/c1-19-6-5-12(23)7-11(19)3-4-13-14-8-16(25)21(27,17(26)10-22)20(14,2)9-15(24)18(13)19;1-18-6-5-11(21)7-10(18)3-4-12-13-8-15(23)20(26,17(24)25)19(13,2)9-14(22)16(12)18;;/h5-7,13-16,18,22,24-25,27H,3-4,8-10H2,1-2H3;5-7,12-16,22-23,26H,3-4,8-9H2,1-2H3,(H,24,25);2*1H4/t13-,14-,15-,16+,18+,19-,20-,21-;12-,13-,14-,15+,16+,18-,19-,20-;;/m00../s1. The Morgan fingerprint density at radius 2 is 1.07 bits per heavy atom. The van der Waals surface area contributed by atoms with E-state index in [1.54, 1.807) is 38.2 Å². The van der Waals surface area contributed by atoms with Gasteiger partial charge in [0.2, 0.25) is 0 Å². The van der Waals surface area contributed by atoms with Gasteiger partial charge in [-0.25, -0.2) is 4.79 Å². The quantitative estimate of drug-likeness (QED) is 0.207. The molecule has 0 aromatic heterocycles. The lowest BCUT2D eigenvalue weighted by Crippen LogP contribution is -2.63. The third-order valence-electron chi connectivity index (χ3n) is 16.3. The van der Waals surface area contributed by atoms with Crippen molar-refractivity contribution >= 4 is 23.3 Å². The molecule has 0 bridgehead atoms. The minimum absolute atomic E-state index is 0. The zero-order valence-electron chi connectivity index (χ0n) is 30.8. The van der Waals surface area contributed by atoms with Crippen LogP contribution in [0.1, 0.15) is 93.9 Å². The van der Waals surface area contributed by atoms with Crippen LogP contribution in [0.4, 0.5) is 0 Å². The molecule has 0 aliphatic heterocycles. The van der Waals surface area contributed by atoms with E-state index in [0.717, 1.165) is 24.0 Å². The number of carbonyl (C=O) groups excluding carboxylic acids is 3. The highest BCUT2D eigenvalue weighted by Gasteiger charge is 2.73. The van der Waals surface area contributed by atoms with Crippen LogP contribution in [0.5, 0.6) is 0 Å². The van der Waals surface area contributed by atoms with Crippen LogP contribution in [-0.4, -0.2) is 106 Å². The van der Waals surface area contributed by atoms with E-state index in [0.29, 0.717) is 12.8 Å². The first-order valence-corrected chi connectivity index (χ1v) is 19.1. The number of carboxylic acid groups (broad SMARTS) is 1. The molecule has 306 valence electrons. The maximum Gasteiger partial charge on any atom is 0.339 e. The number of carboxylic acids is 1. The Balaban J connectivity index is 0.000000204. The van der Waals surface area contributed by atoms with Crippen molar-refractivity contribution in [2.75, 3.05) is 6.61 Å². The van der Waals surface area contributed by atoms with E-state index in [2.05, 4.69) is 0 Å². The molecule has 12 nitrogen and oxygen atoms in total. The van der Waals surface area contributed by atoms with Gasteiger partial charge in [-0.3, -0.25) is 14.4 Å². The van der Waals surface area contributed by atoms with Crippen LogP contribution in [0.3, 0.4) is 0 Å². The van der Waals surface area contributed by atoms with E-state index in [4.69, 9.17) is 0 Å². The summed E-state index contributed by atoms with van der Waals surface area (Å²) in [7, 11) is 0. The SMILES string of the molecule is C.C.C[C@]12C=CC(=O)C=C1CC[C@@H]1[C@@H]2[C@@H](O)C[C@@]2(C)[C@H]1C[C@@H](O)[C@]2(O)C(=O)CO.C[C@]12C=CC(=O)C=C1CC[C@@H]1[C@@H]2[C@@H](O)C[C@@]2(C)[C@H]1C[C@@H](O)[C@]2(O)C(=O)O. The minimum Gasteiger partial charge on any atom is -0.479 e. The summed E-state index contributed by atoms with van der Waals surface area (Å²) < 4.78 is 0. The van der Waals surface area contributed by atoms with Crippen LogP contribution < -0.4 is 0 Å². The van der Waals surface area contributed by atoms with Gasteiger partial charge in [0.05, 0.1) is 24.4 Å². The number of aliphatic hydroxyl groups is 7. The number of allylic oxidation sites excluding steroid dienone is 8. The molecule has 0 heterocycles.